The average Bonchev–Trinajstić information content (AvgIpc) is 2.78. The fraction of sp³-hybridized carbons (Fsp3) is 0.478. The van der Waals surface area contributed by atoms with Gasteiger partial charge < -0.3 is 15.1 Å². The number of halogens is 1. The van der Waals surface area contributed by atoms with E-state index in [2.05, 4.69) is 41.2 Å². The van der Waals surface area contributed by atoms with Crippen molar-refractivity contribution in [3.05, 3.63) is 59.2 Å². The van der Waals surface area contributed by atoms with E-state index in [4.69, 9.17) is 11.6 Å². The maximum Gasteiger partial charge on any atom is 0.223 e. The predicted molar refractivity (Wildman–Crippen MR) is 119 cm³/mol. The van der Waals surface area contributed by atoms with Gasteiger partial charge in [0.25, 0.3) is 0 Å². The fourth-order valence-electron chi connectivity index (χ4n) is 4.07. The third-order valence-electron chi connectivity index (χ3n) is 6.01. The zero-order valence-electron chi connectivity index (χ0n) is 17.4. The number of piperazine rings is 1. The molecule has 1 aromatic carbocycles. The van der Waals surface area contributed by atoms with E-state index < -0.39 is 0 Å². The van der Waals surface area contributed by atoms with Gasteiger partial charge in [-0.25, -0.2) is 4.98 Å². The van der Waals surface area contributed by atoms with E-state index in [1.165, 1.54) is 5.56 Å². The molecule has 3 rings (SSSR count). The predicted octanol–water partition coefficient (Wildman–Crippen LogP) is 4.08. The third kappa shape index (κ3) is 5.28. The first-order valence-corrected chi connectivity index (χ1v) is 10.9. The minimum atomic E-state index is -0.122. The van der Waals surface area contributed by atoms with Gasteiger partial charge in [-0.1, -0.05) is 43.6 Å². The molecule has 0 atom stereocenters. The van der Waals surface area contributed by atoms with Crippen LogP contribution in [0.5, 0.6) is 0 Å². The molecule has 0 unspecified atom stereocenters. The molecule has 1 N–H and O–H groups in total. The van der Waals surface area contributed by atoms with Crippen LogP contribution in [0.1, 0.15) is 38.7 Å². The van der Waals surface area contributed by atoms with Gasteiger partial charge in [0.15, 0.2) is 0 Å². The molecule has 1 aromatic heterocycles. The summed E-state index contributed by atoms with van der Waals surface area (Å²) in [5.41, 5.74) is 1.10. The Balaban J connectivity index is 1.50. The number of benzene rings is 1. The average molecular weight is 415 g/mol. The van der Waals surface area contributed by atoms with E-state index in [-0.39, 0.29) is 11.4 Å². The Morgan fingerprint density at radius 3 is 2.34 bits per heavy atom. The Morgan fingerprint density at radius 1 is 1.07 bits per heavy atom. The number of hydrogen-bond acceptors (Lipinski definition) is 4. The highest BCUT2D eigenvalue weighted by molar-refractivity contribution is 6.30. The number of rotatable bonds is 8. The van der Waals surface area contributed by atoms with Crippen LogP contribution in [0.4, 0.5) is 5.82 Å². The van der Waals surface area contributed by atoms with Gasteiger partial charge in [0, 0.05) is 55.9 Å². The first kappa shape index (κ1) is 21.6. The van der Waals surface area contributed by atoms with Gasteiger partial charge in [-0.2, -0.15) is 0 Å². The van der Waals surface area contributed by atoms with Crippen molar-refractivity contribution >= 4 is 23.3 Å². The largest absolute Gasteiger partial charge is 0.353 e. The summed E-state index contributed by atoms with van der Waals surface area (Å²) in [6.07, 6.45) is 4.25. The monoisotopic (exact) mass is 414 g/mol. The molecule has 2 aromatic rings. The molecule has 29 heavy (non-hydrogen) atoms. The SMILES string of the molecule is CCC(CC)(NCCC(=O)N1CCN(c2ccccn2)CC1)c1ccc(Cl)cc1. The lowest BCUT2D eigenvalue weighted by molar-refractivity contribution is -0.131. The number of amides is 1. The van der Waals surface area contributed by atoms with Gasteiger partial charge in [0.2, 0.25) is 5.91 Å². The van der Waals surface area contributed by atoms with E-state index in [0.29, 0.717) is 13.0 Å². The van der Waals surface area contributed by atoms with Crippen LogP contribution in [-0.2, 0) is 10.3 Å². The zero-order chi connectivity index (χ0) is 20.7. The number of nitrogens with zero attached hydrogens (tertiary/aromatic N) is 3. The van der Waals surface area contributed by atoms with Crippen LogP contribution in [0.15, 0.2) is 48.7 Å². The second-order valence-electron chi connectivity index (χ2n) is 7.53. The molecule has 1 saturated heterocycles. The number of carbonyl (C=O) groups is 1. The smallest absolute Gasteiger partial charge is 0.223 e. The Kier molecular flexibility index (Phi) is 7.51. The summed E-state index contributed by atoms with van der Waals surface area (Å²) in [7, 11) is 0. The molecular weight excluding hydrogens is 384 g/mol. The number of carbonyl (C=O) groups excluding carboxylic acids is 1. The first-order chi connectivity index (χ1) is 14.1. The molecule has 0 saturated carbocycles. The Labute approximate surface area is 179 Å². The van der Waals surface area contributed by atoms with E-state index >= 15 is 0 Å². The van der Waals surface area contributed by atoms with Crippen LogP contribution in [0.25, 0.3) is 0 Å². The van der Waals surface area contributed by atoms with Crippen molar-refractivity contribution < 1.29 is 4.79 Å². The molecule has 0 spiro atoms. The summed E-state index contributed by atoms with van der Waals surface area (Å²) >= 11 is 6.05. The number of hydrogen-bond donors (Lipinski definition) is 1. The van der Waals surface area contributed by atoms with Gasteiger partial charge in [-0.3, -0.25) is 4.79 Å². The lowest BCUT2D eigenvalue weighted by Gasteiger charge is -2.36. The Bertz CT molecular complexity index is 769. The summed E-state index contributed by atoms with van der Waals surface area (Å²) in [5, 5.41) is 4.41. The van der Waals surface area contributed by atoms with Crippen molar-refractivity contribution in [2.45, 2.75) is 38.6 Å². The molecule has 0 radical (unpaired) electrons. The van der Waals surface area contributed by atoms with Crippen LogP contribution in [0, 0.1) is 0 Å². The first-order valence-electron chi connectivity index (χ1n) is 10.5. The molecule has 0 bridgehead atoms. The van der Waals surface area contributed by atoms with Crippen molar-refractivity contribution in [3.63, 3.8) is 0 Å². The molecule has 1 aliphatic rings. The van der Waals surface area contributed by atoms with Crippen molar-refractivity contribution in [2.75, 3.05) is 37.6 Å². The fourth-order valence-corrected chi connectivity index (χ4v) is 4.20. The van der Waals surface area contributed by atoms with Crippen LogP contribution in [-0.4, -0.2) is 48.5 Å². The normalized spacial score (nSPS) is 14.9. The molecule has 1 aliphatic heterocycles. The van der Waals surface area contributed by atoms with E-state index in [1.54, 1.807) is 0 Å². The minimum Gasteiger partial charge on any atom is -0.353 e. The standard InChI is InChI=1S/C23H31ClN4O/c1-3-23(4-2,19-8-10-20(24)11-9-19)26-14-12-22(29)28-17-15-27(16-18-28)21-7-5-6-13-25-21/h5-11,13,26H,3-4,12,14-18H2,1-2H3. The molecule has 6 heteroatoms. The highest BCUT2D eigenvalue weighted by Gasteiger charge is 2.28. The van der Waals surface area contributed by atoms with Gasteiger partial charge in [-0.15, -0.1) is 0 Å². The van der Waals surface area contributed by atoms with Gasteiger partial charge in [0.1, 0.15) is 5.82 Å². The van der Waals surface area contributed by atoms with Crippen LogP contribution >= 0.6 is 11.6 Å². The molecule has 0 aliphatic carbocycles. The maximum absolute atomic E-state index is 12.7. The lowest BCUT2D eigenvalue weighted by Crippen LogP contribution is -2.50. The number of anilines is 1. The summed E-state index contributed by atoms with van der Waals surface area (Å²) in [6.45, 7) is 8.19. The Hall–Kier alpha value is -2.11. The van der Waals surface area contributed by atoms with Crippen molar-refractivity contribution in [2.24, 2.45) is 0 Å². The zero-order valence-corrected chi connectivity index (χ0v) is 18.2. The highest BCUT2D eigenvalue weighted by atomic mass is 35.5. The molecule has 1 fully saturated rings. The van der Waals surface area contributed by atoms with Crippen molar-refractivity contribution in [1.29, 1.82) is 0 Å². The lowest BCUT2D eigenvalue weighted by atomic mass is 9.84. The number of pyridine rings is 1. The summed E-state index contributed by atoms with van der Waals surface area (Å²) in [6, 6.07) is 14.0. The summed E-state index contributed by atoms with van der Waals surface area (Å²) < 4.78 is 0. The molecular formula is C23H31ClN4O. The van der Waals surface area contributed by atoms with Crippen LogP contribution in [0.3, 0.4) is 0 Å². The molecule has 1 amide bonds. The van der Waals surface area contributed by atoms with Gasteiger partial charge in [-0.05, 0) is 42.7 Å². The molecule has 2 heterocycles. The second kappa shape index (κ2) is 10.1. The molecule has 156 valence electrons. The van der Waals surface area contributed by atoms with E-state index in [0.717, 1.165) is 49.9 Å². The van der Waals surface area contributed by atoms with Gasteiger partial charge >= 0.3 is 0 Å². The maximum atomic E-state index is 12.7. The number of nitrogens with one attached hydrogen (secondary N) is 1. The Morgan fingerprint density at radius 2 is 1.76 bits per heavy atom. The van der Waals surface area contributed by atoms with Crippen LogP contribution in [0.2, 0.25) is 5.02 Å². The number of aromatic nitrogens is 1. The summed E-state index contributed by atoms with van der Waals surface area (Å²) in [5.74, 6) is 1.20. The second-order valence-corrected chi connectivity index (χ2v) is 7.97. The van der Waals surface area contributed by atoms with Crippen LogP contribution < -0.4 is 10.2 Å². The minimum absolute atomic E-state index is 0.122. The van der Waals surface area contributed by atoms with E-state index in [9.17, 15) is 4.79 Å². The van der Waals surface area contributed by atoms with Gasteiger partial charge in [0.05, 0.1) is 0 Å². The topological polar surface area (TPSA) is 48.5 Å². The van der Waals surface area contributed by atoms with Crippen molar-refractivity contribution in [1.82, 2.24) is 15.2 Å². The van der Waals surface area contributed by atoms with Crippen molar-refractivity contribution in [3.8, 4) is 0 Å². The highest BCUT2D eigenvalue weighted by Crippen LogP contribution is 2.29. The quantitative estimate of drug-likeness (QED) is 0.707. The van der Waals surface area contributed by atoms with E-state index in [1.807, 2.05) is 41.4 Å². The molecule has 5 nitrogen and oxygen atoms in total. The third-order valence-corrected chi connectivity index (χ3v) is 6.26. The summed E-state index contributed by atoms with van der Waals surface area (Å²) in [4.78, 5) is 21.3.